The highest BCUT2D eigenvalue weighted by Crippen LogP contribution is 2.33. The van der Waals surface area contributed by atoms with Crippen molar-refractivity contribution in [3.05, 3.63) is 34.6 Å². The molecule has 2 fully saturated rings. The van der Waals surface area contributed by atoms with Gasteiger partial charge in [0, 0.05) is 23.2 Å². The third-order valence-corrected chi connectivity index (χ3v) is 5.43. The Morgan fingerprint density at radius 3 is 2.57 bits per heavy atom. The van der Waals surface area contributed by atoms with Gasteiger partial charge in [0.2, 0.25) is 5.91 Å². The van der Waals surface area contributed by atoms with Gasteiger partial charge in [0.25, 0.3) is 0 Å². The molecular weight excluding hydrogens is 383 g/mol. The number of carbonyl (C=O) groups is 2. The van der Waals surface area contributed by atoms with E-state index < -0.39 is 23.6 Å². The molecule has 5 nitrogen and oxygen atoms in total. The molecule has 1 saturated carbocycles. The van der Waals surface area contributed by atoms with E-state index in [9.17, 15) is 14.0 Å². The molecular formula is C21H28ClFN2O3. The van der Waals surface area contributed by atoms with Crippen molar-refractivity contribution >= 4 is 23.6 Å². The number of nitrogens with zero attached hydrogens (tertiary/aromatic N) is 2. The van der Waals surface area contributed by atoms with Crippen LogP contribution in [0.1, 0.15) is 58.4 Å². The minimum Gasteiger partial charge on any atom is -0.444 e. The number of halogens is 2. The Morgan fingerprint density at radius 2 is 1.96 bits per heavy atom. The first kappa shape index (κ1) is 20.9. The quantitative estimate of drug-likeness (QED) is 0.719. The van der Waals surface area contributed by atoms with Gasteiger partial charge >= 0.3 is 6.09 Å². The first-order valence-corrected chi connectivity index (χ1v) is 10.3. The molecule has 1 aromatic rings. The summed E-state index contributed by atoms with van der Waals surface area (Å²) in [7, 11) is 0. The number of likely N-dealkylation sites (tertiary alicyclic amines) is 1. The lowest BCUT2D eigenvalue weighted by Crippen LogP contribution is -2.54. The van der Waals surface area contributed by atoms with Crippen molar-refractivity contribution < 1.29 is 18.7 Å². The molecule has 7 heteroatoms. The zero-order chi connectivity index (χ0) is 20.5. The molecule has 1 heterocycles. The van der Waals surface area contributed by atoms with Gasteiger partial charge in [0.05, 0.1) is 6.54 Å². The molecule has 0 radical (unpaired) electrons. The van der Waals surface area contributed by atoms with E-state index in [1.165, 1.54) is 11.0 Å². The second kappa shape index (κ2) is 8.27. The molecule has 0 unspecified atom stereocenters. The number of piperidine rings is 1. The zero-order valence-electron chi connectivity index (χ0n) is 16.7. The zero-order valence-corrected chi connectivity index (χ0v) is 17.5. The normalized spacial score (nSPS) is 20.0. The molecule has 0 spiro atoms. The Labute approximate surface area is 170 Å². The van der Waals surface area contributed by atoms with E-state index >= 15 is 0 Å². The largest absolute Gasteiger partial charge is 0.444 e. The first-order chi connectivity index (χ1) is 13.2. The van der Waals surface area contributed by atoms with Crippen molar-refractivity contribution in [2.24, 2.45) is 0 Å². The molecule has 1 saturated heterocycles. The smallest absolute Gasteiger partial charge is 0.410 e. The fourth-order valence-corrected chi connectivity index (χ4v) is 3.77. The van der Waals surface area contributed by atoms with Crippen molar-refractivity contribution in [2.75, 3.05) is 6.54 Å². The van der Waals surface area contributed by atoms with Crippen LogP contribution in [-0.2, 0) is 16.1 Å². The standard InChI is InChI=1S/C21H28ClFN2O3/c1-21(2,3)28-20(27)24-12-5-4-9-18(24)19(26)25(14-10-11-14)13-15-16(22)7-6-8-17(15)23/h6-8,14,18H,4-5,9-13H2,1-3H3/t18-/m0/s1. The Balaban J connectivity index is 1.80. The number of benzene rings is 1. The van der Waals surface area contributed by atoms with Gasteiger partial charge in [-0.3, -0.25) is 9.69 Å². The van der Waals surface area contributed by atoms with Crippen molar-refractivity contribution in [1.82, 2.24) is 9.80 Å². The maximum atomic E-state index is 14.3. The lowest BCUT2D eigenvalue weighted by molar-refractivity contribution is -0.139. The number of ether oxygens (including phenoxy) is 1. The van der Waals surface area contributed by atoms with Crippen LogP contribution in [0.3, 0.4) is 0 Å². The predicted molar refractivity (Wildman–Crippen MR) is 106 cm³/mol. The summed E-state index contributed by atoms with van der Waals surface area (Å²) in [5, 5.41) is 0.311. The van der Waals surface area contributed by atoms with Crippen LogP contribution in [0.5, 0.6) is 0 Å². The molecule has 28 heavy (non-hydrogen) atoms. The van der Waals surface area contributed by atoms with Crippen molar-refractivity contribution in [3.63, 3.8) is 0 Å². The Kier molecular flexibility index (Phi) is 6.18. The third-order valence-electron chi connectivity index (χ3n) is 5.08. The average Bonchev–Trinajstić information content (AvgIpc) is 3.44. The number of carbonyl (C=O) groups excluding carboxylic acids is 2. The predicted octanol–water partition coefficient (Wildman–Crippen LogP) is 4.76. The van der Waals surface area contributed by atoms with E-state index in [0.717, 1.165) is 25.7 Å². The highest BCUT2D eigenvalue weighted by molar-refractivity contribution is 6.31. The molecule has 0 N–H and O–H groups in total. The van der Waals surface area contributed by atoms with Crippen LogP contribution in [0.25, 0.3) is 0 Å². The van der Waals surface area contributed by atoms with Gasteiger partial charge in [0.1, 0.15) is 17.5 Å². The summed E-state index contributed by atoms with van der Waals surface area (Å²) in [6, 6.07) is 4.03. The van der Waals surface area contributed by atoms with E-state index in [0.29, 0.717) is 23.6 Å². The van der Waals surface area contributed by atoms with Crippen LogP contribution < -0.4 is 0 Å². The summed E-state index contributed by atoms with van der Waals surface area (Å²) in [5.74, 6) is -0.564. The van der Waals surface area contributed by atoms with Crippen molar-refractivity contribution in [2.45, 2.75) is 77.1 Å². The van der Waals surface area contributed by atoms with E-state index in [4.69, 9.17) is 16.3 Å². The Bertz CT molecular complexity index is 725. The summed E-state index contributed by atoms with van der Waals surface area (Å²) < 4.78 is 19.8. The fraction of sp³-hybridized carbons (Fsp3) is 0.619. The average molecular weight is 411 g/mol. The molecule has 0 bridgehead atoms. The number of amides is 2. The second-order valence-corrected chi connectivity index (χ2v) is 8.99. The minimum absolute atomic E-state index is 0.0746. The molecule has 1 aliphatic carbocycles. The topological polar surface area (TPSA) is 49.9 Å². The van der Waals surface area contributed by atoms with Gasteiger partial charge < -0.3 is 9.64 Å². The monoisotopic (exact) mass is 410 g/mol. The second-order valence-electron chi connectivity index (χ2n) is 8.58. The molecule has 1 atom stereocenters. The van der Waals surface area contributed by atoms with Crippen LogP contribution in [0.15, 0.2) is 18.2 Å². The SMILES string of the molecule is CC(C)(C)OC(=O)N1CCCC[C@H]1C(=O)N(Cc1c(F)cccc1Cl)C1CC1. The summed E-state index contributed by atoms with van der Waals surface area (Å²) in [6.45, 7) is 6.03. The van der Waals surface area contributed by atoms with Gasteiger partial charge in [-0.15, -0.1) is 0 Å². The highest BCUT2D eigenvalue weighted by atomic mass is 35.5. The van der Waals surface area contributed by atoms with Crippen LogP contribution >= 0.6 is 11.6 Å². The van der Waals surface area contributed by atoms with Crippen LogP contribution in [0, 0.1) is 5.82 Å². The van der Waals surface area contributed by atoms with E-state index in [2.05, 4.69) is 0 Å². The summed E-state index contributed by atoms with van der Waals surface area (Å²) >= 11 is 6.18. The molecule has 1 aromatic carbocycles. The lowest BCUT2D eigenvalue weighted by Gasteiger charge is -2.38. The molecule has 3 rings (SSSR count). The molecule has 2 aliphatic rings. The van der Waals surface area contributed by atoms with Gasteiger partial charge in [-0.1, -0.05) is 17.7 Å². The third kappa shape index (κ3) is 4.96. The van der Waals surface area contributed by atoms with Crippen molar-refractivity contribution in [1.29, 1.82) is 0 Å². The number of hydrogen-bond acceptors (Lipinski definition) is 3. The maximum absolute atomic E-state index is 14.3. The van der Waals surface area contributed by atoms with Crippen LogP contribution in [0.4, 0.5) is 9.18 Å². The Morgan fingerprint density at radius 1 is 1.25 bits per heavy atom. The fourth-order valence-electron chi connectivity index (χ4n) is 3.55. The molecule has 0 aromatic heterocycles. The molecule has 2 amide bonds. The maximum Gasteiger partial charge on any atom is 0.410 e. The summed E-state index contributed by atoms with van der Waals surface area (Å²) in [6.07, 6.45) is 3.60. The van der Waals surface area contributed by atoms with Crippen LogP contribution in [0.2, 0.25) is 5.02 Å². The lowest BCUT2D eigenvalue weighted by atomic mass is 10.0. The van der Waals surface area contributed by atoms with E-state index in [-0.39, 0.29) is 18.5 Å². The summed E-state index contributed by atoms with van der Waals surface area (Å²) in [4.78, 5) is 29.3. The van der Waals surface area contributed by atoms with Crippen molar-refractivity contribution in [3.8, 4) is 0 Å². The molecule has 154 valence electrons. The number of rotatable bonds is 4. The first-order valence-electron chi connectivity index (χ1n) is 9.90. The Hall–Kier alpha value is -1.82. The van der Waals surface area contributed by atoms with Crippen LogP contribution in [-0.4, -0.2) is 46.0 Å². The van der Waals surface area contributed by atoms with Gasteiger partial charge in [0.15, 0.2) is 0 Å². The van der Waals surface area contributed by atoms with Gasteiger partial charge in [-0.2, -0.15) is 0 Å². The van der Waals surface area contributed by atoms with Gasteiger partial charge in [-0.05, 0) is 65.0 Å². The minimum atomic E-state index is -0.626. The van der Waals surface area contributed by atoms with E-state index in [1.807, 2.05) is 20.8 Å². The van der Waals surface area contributed by atoms with Gasteiger partial charge in [-0.25, -0.2) is 9.18 Å². The highest BCUT2D eigenvalue weighted by Gasteiger charge is 2.41. The van der Waals surface area contributed by atoms with E-state index in [1.54, 1.807) is 17.0 Å². The molecule has 1 aliphatic heterocycles. The summed E-state index contributed by atoms with van der Waals surface area (Å²) in [5.41, 5.74) is -0.303. The number of hydrogen-bond donors (Lipinski definition) is 0.